The van der Waals surface area contributed by atoms with Crippen molar-refractivity contribution >= 4 is 0 Å². The molecule has 0 radical (unpaired) electrons. The molecule has 0 aliphatic heterocycles. The Morgan fingerprint density at radius 1 is 1.12 bits per heavy atom. The Labute approximate surface area is 99.4 Å². The van der Waals surface area contributed by atoms with Gasteiger partial charge in [-0.3, -0.25) is 0 Å². The van der Waals surface area contributed by atoms with E-state index in [4.69, 9.17) is 4.74 Å². The Bertz CT molecular complexity index is 213. The van der Waals surface area contributed by atoms with Gasteiger partial charge in [0.15, 0.2) is 0 Å². The van der Waals surface area contributed by atoms with Gasteiger partial charge in [0.1, 0.15) is 0 Å². The van der Waals surface area contributed by atoms with Gasteiger partial charge in [-0.25, -0.2) is 0 Å². The van der Waals surface area contributed by atoms with Gasteiger partial charge in [-0.2, -0.15) is 0 Å². The Kier molecular flexibility index (Phi) is 3.91. The summed E-state index contributed by atoms with van der Waals surface area (Å²) in [6, 6.07) is 0. The molecule has 2 aliphatic rings. The number of methoxy groups -OCH3 is 1. The Balaban J connectivity index is 1.97. The van der Waals surface area contributed by atoms with E-state index >= 15 is 0 Å². The zero-order valence-electron chi connectivity index (χ0n) is 10.7. The quantitative estimate of drug-likeness (QED) is 0.801. The maximum atomic E-state index is 10.6. The molecule has 2 heteroatoms. The fourth-order valence-corrected chi connectivity index (χ4v) is 3.63. The molecule has 1 atom stereocenters. The van der Waals surface area contributed by atoms with E-state index in [9.17, 15) is 5.11 Å². The minimum atomic E-state index is -0.229. The molecule has 0 spiro atoms. The molecule has 2 rings (SSSR count). The fraction of sp³-hybridized carbons (Fsp3) is 1.00. The van der Waals surface area contributed by atoms with E-state index in [0.717, 1.165) is 18.8 Å². The second-order valence-corrected chi connectivity index (χ2v) is 5.94. The minimum absolute atomic E-state index is 0.203. The molecule has 2 saturated carbocycles. The molecule has 94 valence electrons. The fourth-order valence-electron chi connectivity index (χ4n) is 3.63. The third kappa shape index (κ3) is 2.28. The third-order valence-corrected chi connectivity index (χ3v) is 4.90. The molecule has 1 N–H and O–H groups in total. The van der Waals surface area contributed by atoms with Crippen molar-refractivity contribution in [3.63, 3.8) is 0 Å². The number of hydrogen-bond acceptors (Lipinski definition) is 2. The predicted molar refractivity (Wildman–Crippen MR) is 65.3 cm³/mol. The van der Waals surface area contributed by atoms with Crippen molar-refractivity contribution in [1.29, 1.82) is 0 Å². The summed E-state index contributed by atoms with van der Waals surface area (Å²) in [5, 5.41) is 10.6. The lowest BCUT2D eigenvalue weighted by atomic mass is 9.75. The smallest absolute Gasteiger partial charge is 0.0939 e. The van der Waals surface area contributed by atoms with Crippen molar-refractivity contribution in [2.24, 2.45) is 11.8 Å². The lowest BCUT2D eigenvalue weighted by Crippen LogP contribution is -2.46. The van der Waals surface area contributed by atoms with Crippen LogP contribution in [0.3, 0.4) is 0 Å². The van der Waals surface area contributed by atoms with Crippen LogP contribution in [0.1, 0.15) is 58.3 Å². The van der Waals surface area contributed by atoms with Crippen LogP contribution in [0.4, 0.5) is 0 Å². The summed E-state index contributed by atoms with van der Waals surface area (Å²) in [5.41, 5.74) is -0.203. The van der Waals surface area contributed by atoms with E-state index in [0.29, 0.717) is 5.92 Å². The van der Waals surface area contributed by atoms with Crippen LogP contribution in [0.15, 0.2) is 0 Å². The molecule has 2 fully saturated rings. The normalized spacial score (nSPS) is 36.2. The van der Waals surface area contributed by atoms with Gasteiger partial charge in [0.05, 0.1) is 11.7 Å². The molecular formula is C14H26O2. The Hall–Kier alpha value is -0.0800. The summed E-state index contributed by atoms with van der Waals surface area (Å²) >= 11 is 0. The average molecular weight is 226 g/mol. The summed E-state index contributed by atoms with van der Waals surface area (Å²) < 4.78 is 5.69. The molecule has 1 unspecified atom stereocenters. The van der Waals surface area contributed by atoms with Crippen molar-refractivity contribution in [3.05, 3.63) is 0 Å². The van der Waals surface area contributed by atoms with E-state index in [1.165, 1.54) is 38.5 Å². The first kappa shape index (κ1) is 12.4. The molecule has 0 heterocycles. The van der Waals surface area contributed by atoms with Gasteiger partial charge in [0.2, 0.25) is 0 Å². The van der Waals surface area contributed by atoms with Gasteiger partial charge in [0, 0.05) is 7.11 Å². The highest BCUT2D eigenvalue weighted by Gasteiger charge is 2.44. The number of rotatable bonds is 3. The minimum Gasteiger partial charge on any atom is -0.390 e. The molecule has 2 nitrogen and oxygen atoms in total. The average Bonchev–Trinajstić information content (AvgIpc) is 2.79. The number of ether oxygens (including phenoxy) is 1. The summed E-state index contributed by atoms with van der Waals surface area (Å²) in [6.45, 7) is 2.32. The lowest BCUT2D eigenvalue weighted by Gasteiger charge is -2.40. The van der Waals surface area contributed by atoms with E-state index in [2.05, 4.69) is 6.92 Å². The van der Waals surface area contributed by atoms with Crippen LogP contribution < -0.4 is 0 Å². The summed E-state index contributed by atoms with van der Waals surface area (Å²) in [5.74, 6) is 1.33. The van der Waals surface area contributed by atoms with Gasteiger partial charge < -0.3 is 9.84 Å². The number of aliphatic hydroxyl groups is 1. The van der Waals surface area contributed by atoms with E-state index in [1.54, 1.807) is 7.11 Å². The Morgan fingerprint density at radius 3 is 2.19 bits per heavy atom. The van der Waals surface area contributed by atoms with Crippen molar-refractivity contribution in [2.75, 3.05) is 7.11 Å². The van der Waals surface area contributed by atoms with Crippen molar-refractivity contribution < 1.29 is 9.84 Å². The largest absolute Gasteiger partial charge is 0.390 e. The second-order valence-electron chi connectivity index (χ2n) is 5.94. The standard InChI is InChI=1S/C14H26O2/c1-11-5-7-12(8-6-11)13(15)14(16-2)9-3-4-10-14/h11-13,15H,3-10H2,1-2H3. The summed E-state index contributed by atoms with van der Waals surface area (Å²) in [7, 11) is 1.78. The van der Waals surface area contributed by atoms with Crippen molar-refractivity contribution in [1.82, 2.24) is 0 Å². The highest BCUT2D eigenvalue weighted by atomic mass is 16.5. The third-order valence-electron chi connectivity index (χ3n) is 4.90. The van der Waals surface area contributed by atoms with Gasteiger partial charge in [-0.1, -0.05) is 32.6 Å². The number of hydrogen-bond donors (Lipinski definition) is 1. The number of aliphatic hydroxyl groups excluding tert-OH is 1. The van der Waals surface area contributed by atoms with Gasteiger partial charge in [0.25, 0.3) is 0 Å². The van der Waals surface area contributed by atoms with Crippen LogP contribution >= 0.6 is 0 Å². The maximum absolute atomic E-state index is 10.6. The molecule has 0 bridgehead atoms. The second kappa shape index (κ2) is 5.05. The van der Waals surface area contributed by atoms with Crippen LogP contribution in [0.5, 0.6) is 0 Å². The molecule has 16 heavy (non-hydrogen) atoms. The first-order valence-electron chi connectivity index (χ1n) is 6.91. The topological polar surface area (TPSA) is 29.5 Å². The molecule has 0 amide bonds. The van der Waals surface area contributed by atoms with Crippen LogP contribution in [0.25, 0.3) is 0 Å². The highest BCUT2D eigenvalue weighted by Crippen LogP contribution is 2.42. The van der Waals surface area contributed by atoms with E-state index in [1.807, 2.05) is 0 Å². The van der Waals surface area contributed by atoms with Gasteiger partial charge in [-0.15, -0.1) is 0 Å². The van der Waals surface area contributed by atoms with Crippen molar-refractivity contribution in [2.45, 2.75) is 70.0 Å². The SMILES string of the molecule is COC1(C(O)C2CCC(C)CC2)CCCC1. The van der Waals surface area contributed by atoms with E-state index < -0.39 is 0 Å². The zero-order chi connectivity index (χ0) is 11.6. The summed E-state index contributed by atoms with van der Waals surface area (Å²) in [4.78, 5) is 0. The monoisotopic (exact) mass is 226 g/mol. The lowest BCUT2D eigenvalue weighted by molar-refractivity contribution is -0.126. The first-order chi connectivity index (χ1) is 7.68. The molecule has 0 saturated heterocycles. The highest BCUT2D eigenvalue weighted by molar-refractivity contribution is 4.96. The van der Waals surface area contributed by atoms with Crippen molar-refractivity contribution in [3.8, 4) is 0 Å². The van der Waals surface area contributed by atoms with Crippen LogP contribution in [-0.2, 0) is 4.74 Å². The van der Waals surface area contributed by atoms with Crippen LogP contribution in [0, 0.1) is 11.8 Å². The van der Waals surface area contributed by atoms with Crippen LogP contribution in [-0.4, -0.2) is 23.9 Å². The van der Waals surface area contributed by atoms with Gasteiger partial charge >= 0.3 is 0 Å². The molecular weight excluding hydrogens is 200 g/mol. The first-order valence-corrected chi connectivity index (χ1v) is 6.91. The molecule has 0 aromatic heterocycles. The Morgan fingerprint density at radius 2 is 1.69 bits per heavy atom. The predicted octanol–water partition coefficient (Wildman–Crippen LogP) is 3.13. The summed E-state index contributed by atoms with van der Waals surface area (Å²) in [6.07, 6.45) is 9.24. The maximum Gasteiger partial charge on any atom is 0.0939 e. The van der Waals surface area contributed by atoms with Gasteiger partial charge in [-0.05, 0) is 37.5 Å². The van der Waals surface area contributed by atoms with Crippen LogP contribution in [0.2, 0.25) is 0 Å². The molecule has 0 aromatic rings. The van der Waals surface area contributed by atoms with E-state index in [-0.39, 0.29) is 11.7 Å². The zero-order valence-corrected chi connectivity index (χ0v) is 10.7. The molecule has 2 aliphatic carbocycles. The molecule has 0 aromatic carbocycles.